The number of aryl methyl sites for hydroxylation is 1. The number of aromatic hydroxyl groups is 1. The first-order valence-electron chi connectivity index (χ1n) is 3.98. The average molecular weight is 166 g/mol. The molecule has 3 nitrogen and oxygen atoms in total. The van der Waals surface area contributed by atoms with Gasteiger partial charge in [0.25, 0.3) is 0 Å². The van der Waals surface area contributed by atoms with E-state index in [1.165, 1.54) is 0 Å². The van der Waals surface area contributed by atoms with Crippen LogP contribution in [0.3, 0.4) is 0 Å². The Morgan fingerprint density at radius 1 is 1.50 bits per heavy atom. The van der Waals surface area contributed by atoms with Gasteiger partial charge in [-0.15, -0.1) is 0 Å². The van der Waals surface area contributed by atoms with Crippen molar-refractivity contribution in [2.75, 3.05) is 18.4 Å². The molecule has 12 heavy (non-hydrogen) atoms. The van der Waals surface area contributed by atoms with Crippen LogP contribution in [0.5, 0.6) is 5.75 Å². The lowest BCUT2D eigenvalue weighted by molar-refractivity contribution is 0.473. The quantitative estimate of drug-likeness (QED) is 0.589. The zero-order chi connectivity index (χ0) is 8.97. The summed E-state index contributed by atoms with van der Waals surface area (Å²) >= 11 is 0. The minimum atomic E-state index is 0.311. The smallest absolute Gasteiger partial charge is 0.141 e. The van der Waals surface area contributed by atoms with E-state index in [1.54, 1.807) is 0 Å². The van der Waals surface area contributed by atoms with Crippen molar-refractivity contribution < 1.29 is 5.11 Å². The normalized spacial score (nSPS) is 9.83. The highest BCUT2D eigenvalue weighted by Crippen LogP contribution is 2.25. The Morgan fingerprint density at radius 3 is 2.92 bits per heavy atom. The molecule has 0 aliphatic carbocycles. The number of hydrogen-bond donors (Lipinski definition) is 3. The second-order valence-corrected chi connectivity index (χ2v) is 2.69. The largest absolute Gasteiger partial charge is 0.506 e. The molecule has 0 aliphatic heterocycles. The average Bonchev–Trinajstić information content (AvgIpc) is 2.08. The summed E-state index contributed by atoms with van der Waals surface area (Å²) in [7, 11) is 0. The van der Waals surface area contributed by atoms with Gasteiger partial charge < -0.3 is 16.2 Å². The maximum atomic E-state index is 9.52. The van der Waals surface area contributed by atoms with Crippen LogP contribution in [-0.2, 0) is 0 Å². The summed E-state index contributed by atoms with van der Waals surface area (Å²) in [5.41, 5.74) is 6.94. The van der Waals surface area contributed by atoms with E-state index in [0.29, 0.717) is 18.8 Å². The number of phenols is 1. The van der Waals surface area contributed by atoms with Crippen LogP contribution in [0.25, 0.3) is 0 Å². The summed E-state index contributed by atoms with van der Waals surface area (Å²) in [6.45, 7) is 3.10. The van der Waals surface area contributed by atoms with Crippen molar-refractivity contribution in [2.45, 2.75) is 6.92 Å². The molecule has 1 aromatic carbocycles. The van der Waals surface area contributed by atoms with Gasteiger partial charge in [0, 0.05) is 13.1 Å². The van der Waals surface area contributed by atoms with E-state index in [9.17, 15) is 5.11 Å². The van der Waals surface area contributed by atoms with Crippen molar-refractivity contribution in [2.24, 2.45) is 5.73 Å². The summed E-state index contributed by atoms with van der Waals surface area (Å²) in [5, 5.41) is 12.5. The van der Waals surface area contributed by atoms with Crippen molar-refractivity contribution >= 4 is 5.69 Å². The Morgan fingerprint density at radius 2 is 2.25 bits per heavy atom. The van der Waals surface area contributed by atoms with E-state index < -0.39 is 0 Å². The predicted octanol–water partition coefficient (Wildman–Crippen LogP) is 1.07. The summed E-state index contributed by atoms with van der Waals surface area (Å²) < 4.78 is 0. The summed E-state index contributed by atoms with van der Waals surface area (Å²) in [5.74, 6) is 0.311. The Labute approximate surface area is 72.2 Å². The number of hydrogen-bond acceptors (Lipinski definition) is 3. The Kier molecular flexibility index (Phi) is 2.94. The van der Waals surface area contributed by atoms with Gasteiger partial charge in [0.05, 0.1) is 5.69 Å². The summed E-state index contributed by atoms with van der Waals surface area (Å²) in [6, 6.07) is 5.59. The lowest BCUT2D eigenvalue weighted by atomic mass is 10.2. The van der Waals surface area contributed by atoms with Gasteiger partial charge in [0.15, 0.2) is 0 Å². The van der Waals surface area contributed by atoms with Gasteiger partial charge in [0.2, 0.25) is 0 Å². The number of phenolic OH excluding ortho intramolecular Hbond substituents is 1. The molecule has 0 radical (unpaired) electrons. The molecular weight excluding hydrogens is 152 g/mol. The molecule has 0 atom stereocenters. The van der Waals surface area contributed by atoms with E-state index in [0.717, 1.165) is 11.3 Å². The molecule has 0 saturated carbocycles. The minimum Gasteiger partial charge on any atom is -0.506 e. The molecule has 0 aromatic heterocycles. The number of anilines is 1. The van der Waals surface area contributed by atoms with Gasteiger partial charge in [0.1, 0.15) is 5.75 Å². The van der Waals surface area contributed by atoms with Gasteiger partial charge in [-0.25, -0.2) is 0 Å². The zero-order valence-electron chi connectivity index (χ0n) is 7.17. The third kappa shape index (κ3) is 1.89. The highest BCUT2D eigenvalue weighted by Gasteiger charge is 2.00. The van der Waals surface area contributed by atoms with Gasteiger partial charge >= 0.3 is 0 Å². The Hall–Kier alpha value is -1.22. The second-order valence-electron chi connectivity index (χ2n) is 2.69. The number of benzene rings is 1. The van der Waals surface area contributed by atoms with Crippen LogP contribution in [0.2, 0.25) is 0 Å². The van der Waals surface area contributed by atoms with Crippen LogP contribution >= 0.6 is 0 Å². The van der Waals surface area contributed by atoms with E-state index in [4.69, 9.17) is 5.73 Å². The molecule has 0 bridgehead atoms. The van der Waals surface area contributed by atoms with Gasteiger partial charge in [-0.3, -0.25) is 0 Å². The van der Waals surface area contributed by atoms with Crippen LogP contribution in [-0.4, -0.2) is 18.2 Å². The molecule has 3 heteroatoms. The first-order valence-corrected chi connectivity index (χ1v) is 3.98. The van der Waals surface area contributed by atoms with E-state index >= 15 is 0 Å². The number of para-hydroxylation sites is 1. The van der Waals surface area contributed by atoms with E-state index in [1.807, 2.05) is 25.1 Å². The minimum absolute atomic E-state index is 0.311. The molecule has 0 heterocycles. The lowest BCUT2D eigenvalue weighted by Crippen LogP contribution is -2.13. The lowest BCUT2D eigenvalue weighted by Gasteiger charge is -2.08. The van der Waals surface area contributed by atoms with Crippen LogP contribution in [0.4, 0.5) is 5.69 Å². The Balaban J connectivity index is 2.78. The molecular formula is C9H14N2O. The maximum absolute atomic E-state index is 9.52. The standard InChI is InChI=1S/C9H14N2O/c1-7-3-2-4-8(9(7)12)11-6-5-10/h2-4,11-12H,5-6,10H2,1H3. The van der Waals surface area contributed by atoms with Crippen molar-refractivity contribution in [1.29, 1.82) is 0 Å². The molecule has 0 aliphatic rings. The molecule has 1 aromatic rings. The van der Waals surface area contributed by atoms with E-state index in [2.05, 4.69) is 5.32 Å². The van der Waals surface area contributed by atoms with Crippen molar-refractivity contribution in [3.8, 4) is 5.75 Å². The number of rotatable bonds is 3. The predicted molar refractivity (Wildman–Crippen MR) is 50.4 cm³/mol. The molecule has 0 amide bonds. The molecule has 0 spiro atoms. The maximum Gasteiger partial charge on any atom is 0.141 e. The number of nitrogens with two attached hydrogens (primary N) is 1. The van der Waals surface area contributed by atoms with Crippen LogP contribution in [0.15, 0.2) is 18.2 Å². The topological polar surface area (TPSA) is 58.3 Å². The van der Waals surface area contributed by atoms with Crippen LogP contribution < -0.4 is 11.1 Å². The van der Waals surface area contributed by atoms with Gasteiger partial charge in [-0.05, 0) is 18.6 Å². The fraction of sp³-hybridized carbons (Fsp3) is 0.333. The SMILES string of the molecule is Cc1cccc(NCCN)c1O. The monoisotopic (exact) mass is 166 g/mol. The van der Waals surface area contributed by atoms with E-state index in [-0.39, 0.29) is 0 Å². The number of nitrogens with one attached hydrogen (secondary N) is 1. The third-order valence-electron chi connectivity index (χ3n) is 1.70. The highest BCUT2D eigenvalue weighted by atomic mass is 16.3. The molecule has 0 fully saturated rings. The fourth-order valence-electron chi connectivity index (χ4n) is 1.01. The summed E-state index contributed by atoms with van der Waals surface area (Å²) in [4.78, 5) is 0. The first-order chi connectivity index (χ1) is 5.75. The Bertz CT molecular complexity index is 261. The molecule has 4 N–H and O–H groups in total. The molecule has 0 unspecified atom stereocenters. The third-order valence-corrected chi connectivity index (χ3v) is 1.70. The zero-order valence-corrected chi connectivity index (χ0v) is 7.17. The molecule has 1 rings (SSSR count). The van der Waals surface area contributed by atoms with Crippen LogP contribution in [0, 0.1) is 6.92 Å². The van der Waals surface area contributed by atoms with Crippen molar-refractivity contribution in [3.63, 3.8) is 0 Å². The van der Waals surface area contributed by atoms with Crippen molar-refractivity contribution in [3.05, 3.63) is 23.8 Å². The van der Waals surface area contributed by atoms with Crippen LogP contribution in [0.1, 0.15) is 5.56 Å². The highest BCUT2D eigenvalue weighted by molar-refractivity contribution is 5.58. The fourth-order valence-corrected chi connectivity index (χ4v) is 1.01. The molecule has 66 valence electrons. The second kappa shape index (κ2) is 3.97. The summed E-state index contributed by atoms with van der Waals surface area (Å²) in [6.07, 6.45) is 0. The molecule has 0 saturated heterocycles. The first kappa shape index (κ1) is 8.87. The van der Waals surface area contributed by atoms with Crippen molar-refractivity contribution in [1.82, 2.24) is 0 Å². The van der Waals surface area contributed by atoms with Gasteiger partial charge in [-0.1, -0.05) is 12.1 Å². The van der Waals surface area contributed by atoms with Gasteiger partial charge in [-0.2, -0.15) is 0 Å².